The Hall–Kier alpha value is -1.74. The van der Waals surface area contributed by atoms with E-state index in [4.69, 9.17) is 33.3 Å². The molecule has 2 aromatic rings. The van der Waals surface area contributed by atoms with Crippen molar-refractivity contribution in [2.24, 2.45) is 4.99 Å². The first-order chi connectivity index (χ1) is 12.5. The molecule has 1 saturated heterocycles. The van der Waals surface area contributed by atoms with Crippen LogP contribution in [-0.2, 0) is 16.0 Å². The topological polar surface area (TPSA) is 73.0 Å². The molecule has 0 saturated carbocycles. The van der Waals surface area contributed by atoms with Gasteiger partial charge in [0.1, 0.15) is 4.88 Å². The first kappa shape index (κ1) is 19.0. The monoisotopic (exact) mass is 412 g/mol. The van der Waals surface area contributed by atoms with Crippen molar-refractivity contribution in [3.8, 4) is 5.88 Å². The van der Waals surface area contributed by atoms with Crippen LogP contribution in [0.5, 0.6) is 5.88 Å². The molecule has 2 heterocycles. The normalized spacial score (nSPS) is 17.1. The van der Waals surface area contributed by atoms with Crippen LogP contribution in [0.3, 0.4) is 0 Å². The quantitative estimate of drug-likeness (QED) is 0.449. The fraction of sp³-hybridized carbons (Fsp3) is 0.353. The van der Waals surface area contributed by atoms with Gasteiger partial charge in [0, 0.05) is 11.6 Å². The number of carbonyl (C=O) groups is 1. The standard InChI is InChI=1S/C17H17ClN2O4S2/c1-23-16(22)12-5-4-10(18)7-13(12)19-8-14-15(21)20(17(25)26-14)9-11-3-2-6-24-11/h4-5,7-8,11,21H,2-3,6,9H2,1H3. The minimum atomic E-state index is -0.512. The van der Waals surface area contributed by atoms with Crippen molar-refractivity contribution in [1.82, 2.24) is 4.57 Å². The zero-order chi connectivity index (χ0) is 18.7. The lowest BCUT2D eigenvalue weighted by molar-refractivity contribution is 0.0601. The molecule has 1 fully saturated rings. The smallest absolute Gasteiger partial charge is 0.340 e. The van der Waals surface area contributed by atoms with Gasteiger partial charge >= 0.3 is 5.97 Å². The Morgan fingerprint density at radius 1 is 1.62 bits per heavy atom. The molecule has 1 aromatic carbocycles. The van der Waals surface area contributed by atoms with E-state index >= 15 is 0 Å². The third-order valence-corrected chi connectivity index (χ3v) is 5.60. The van der Waals surface area contributed by atoms with Gasteiger partial charge in [-0.25, -0.2) is 4.79 Å². The van der Waals surface area contributed by atoms with Crippen LogP contribution in [0.4, 0.5) is 5.69 Å². The molecule has 1 aliphatic heterocycles. The number of ether oxygens (including phenoxy) is 2. The Kier molecular flexibility index (Phi) is 6.08. The minimum absolute atomic E-state index is 0.0425. The maximum Gasteiger partial charge on any atom is 0.340 e. The summed E-state index contributed by atoms with van der Waals surface area (Å²) >= 11 is 12.6. The summed E-state index contributed by atoms with van der Waals surface area (Å²) in [5.74, 6) is -0.470. The summed E-state index contributed by atoms with van der Waals surface area (Å²) in [6, 6.07) is 4.70. The second kappa shape index (κ2) is 8.30. The highest BCUT2D eigenvalue weighted by molar-refractivity contribution is 7.73. The second-order valence-corrected chi connectivity index (χ2v) is 7.82. The van der Waals surface area contributed by atoms with Gasteiger partial charge in [-0.2, -0.15) is 0 Å². The number of aromatic hydroxyl groups is 1. The van der Waals surface area contributed by atoms with Crippen LogP contribution in [0.1, 0.15) is 28.1 Å². The van der Waals surface area contributed by atoms with E-state index in [0.717, 1.165) is 19.4 Å². The molecule has 1 aromatic heterocycles. The first-order valence-electron chi connectivity index (χ1n) is 7.95. The molecule has 26 heavy (non-hydrogen) atoms. The SMILES string of the molecule is COC(=O)c1ccc(Cl)cc1N=Cc1sc(=S)n(CC2CCCO2)c1O. The van der Waals surface area contributed by atoms with Crippen molar-refractivity contribution in [1.29, 1.82) is 0 Å². The van der Waals surface area contributed by atoms with Crippen molar-refractivity contribution in [2.45, 2.75) is 25.5 Å². The summed E-state index contributed by atoms with van der Waals surface area (Å²) in [6.45, 7) is 1.25. The fourth-order valence-corrected chi connectivity index (χ4v) is 4.04. The molecule has 0 amide bonds. The molecule has 0 radical (unpaired) electrons. The maximum atomic E-state index is 11.9. The minimum Gasteiger partial charge on any atom is -0.493 e. The Morgan fingerprint density at radius 3 is 3.12 bits per heavy atom. The van der Waals surface area contributed by atoms with E-state index in [1.807, 2.05) is 0 Å². The Bertz CT molecular complexity index is 901. The summed E-state index contributed by atoms with van der Waals surface area (Å²) in [4.78, 5) is 16.7. The zero-order valence-corrected chi connectivity index (χ0v) is 16.4. The largest absolute Gasteiger partial charge is 0.493 e. The number of benzene rings is 1. The van der Waals surface area contributed by atoms with Crippen molar-refractivity contribution < 1.29 is 19.4 Å². The van der Waals surface area contributed by atoms with Crippen LogP contribution >= 0.6 is 35.2 Å². The van der Waals surface area contributed by atoms with E-state index < -0.39 is 5.97 Å². The number of aromatic nitrogens is 1. The molecule has 3 rings (SSSR count). The van der Waals surface area contributed by atoms with Gasteiger partial charge in [-0.15, -0.1) is 0 Å². The van der Waals surface area contributed by atoms with Crippen molar-refractivity contribution in [2.75, 3.05) is 13.7 Å². The number of nitrogens with zero attached hydrogens (tertiary/aromatic N) is 2. The van der Waals surface area contributed by atoms with E-state index in [9.17, 15) is 9.90 Å². The highest BCUT2D eigenvalue weighted by atomic mass is 35.5. The summed E-state index contributed by atoms with van der Waals surface area (Å²) < 4.78 is 12.5. The average molecular weight is 413 g/mol. The lowest BCUT2D eigenvalue weighted by atomic mass is 10.2. The number of methoxy groups -OCH3 is 1. The number of aliphatic imine (C=N–C) groups is 1. The van der Waals surface area contributed by atoms with Crippen LogP contribution in [0.15, 0.2) is 23.2 Å². The molecular formula is C17H17ClN2O4S2. The molecule has 138 valence electrons. The van der Waals surface area contributed by atoms with Gasteiger partial charge in [0.2, 0.25) is 5.88 Å². The van der Waals surface area contributed by atoms with Crippen LogP contribution in [-0.4, -0.2) is 41.7 Å². The third-order valence-electron chi connectivity index (χ3n) is 3.99. The van der Waals surface area contributed by atoms with Crippen molar-refractivity contribution >= 4 is 53.0 Å². The van der Waals surface area contributed by atoms with E-state index in [-0.39, 0.29) is 17.5 Å². The molecule has 1 unspecified atom stereocenters. The van der Waals surface area contributed by atoms with E-state index in [1.54, 1.807) is 22.8 Å². The van der Waals surface area contributed by atoms with Gasteiger partial charge in [0.05, 0.1) is 37.2 Å². The molecule has 1 N–H and O–H groups in total. The van der Waals surface area contributed by atoms with Gasteiger partial charge in [-0.3, -0.25) is 9.56 Å². The average Bonchev–Trinajstić information content (AvgIpc) is 3.23. The fourth-order valence-electron chi connectivity index (χ4n) is 2.67. The number of hydrogen-bond acceptors (Lipinski definition) is 7. The Morgan fingerprint density at radius 2 is 2.42 bits per heavy atom. The van der Waals surface area contributed by atoms with Gasteiger partial charge in [-0.05, 0) is 43.3 Å². The number of hydrogen-bond donors (Lipinski definition) is 1. The molecule has 0 spiro atoms. The lowest BCUT2D eigenvalue weighted by Gasteiger charge is -2.10. The second-order valence-electron chi connectivity index (χ2n) is 5.71. The molecule has 0 bridgehead atoms. The van der Waals surface area contributed by atoms with Crippen LogP contribution in [0.2, 0.25) is 5.02 Å². The zero-order valence-electron chi connectivity index (χ0n) is 14.0. The van der Waals surface area contributed by atoms with Gasteiger partial charge < -0.3 is 14.6 Å². The number of esters is 1. The highest BCUT2D eigenvalue weighted by Crippen LogP contribution is 2.29. The summed E-state index contributed by atoms with van der Waals surface area (Å²) in [7, 11) is 1.30. The summed E-state index contributed by atoms with van der Waals surface area (Å²) in [5, 5.41) is 10.9. The molecule has 6 nitrogen and oxygen atoms in total. The first-order valence-corrected chi connectivity index (χ1v) is 9.56. The lowest BCUT2D eigenvalue weighted by Crippen LogP contribution is -2.14. The molecule has 0 aliphatic carbocycles. The molecular weight excluding hydrogens is 396 g/mol. The van der Waals surface area contributed by atoms with E-state index in [1.165, 1.54) is 24.7 Å². The molecule has 1 atom stereocenters. The van der Waals surface area contributed by atoms with Crippen LogP contribution in [0.25, 0.3) is 0 Å². The van der Waals surface area contributed by atoms with Gasteiger partial charge in [-0.1, -0.05) is 22.9 Å². The van der Waals surface area contributed by atoms with Crippen LogP contribution < -0.4 is 0 Å². The predicted molar refractivity (Wildman–Crippen MR) is 104 cm³/mol. The number of halogens is 1. The Labute approximate surface area is 164 Å². The predicted octanol–water partition coefficient (Wildman–Crippen LogP) is 4.35. The number of thiazole rings is 1. The summed E-state index contributed by atoms with van der Waals surface area (Å²) in [6.07, 6.45) is 3.50. The number of carbonyl (C=O) groups excluding carboxylic acids is 1. The molecule has 1 aliphatic rings. The van der Waals surface area contributed by atoms with Gasteiger partial charge in [0.25, 0.3) is 0 Å². The maximum absolute atomic E-state index is 11.9. The van der Waals surface area contributed by atoms with Gasteiger partial charge in [0.15, 0.2) is 3.95 Å². The van der Waals surface area contributed by atoms with E-state index in [2.05, 4.69) is 4.99 Å². The Balaban J connectivity index is 1.88. The van der Waals surface area contributed by atoms with Crippen LogP contribution in [0, 0.1) is 3.95 Å². The highest BCUT2D eigenvalue weighted by Gasteiger charge is 2.20. The van der Waals surface area contributed by atoms with Crippen molar-refractivity contribution in [3.63, 3.8) is 0 Å². The third kappa shape index (κ3) is 4.15. The molecule has 9 heteroatoms. The number of rotatable bonds is 5. The van der Waals surface area contributed by atoms with E-state index in [0.29, 0.717) is 26.1 Å². The summed E-state index contributed by atoms with van der Waals surface area (Å²) in [5.41, 5.74) is 0.642. The van der Waals surface area contributed by atoms with Crippen molar-refractivity contribution in [3.05, 3.63) is 37.6 Å².